The first kappa shape index (κ1) is 28.0. The number of rotatable bonds is 14. The largest absolute Gasteiger partial charge is 0.423 e. The first-order chi connectivity index (χ1) is 18.1. The maximum Gasteiger partial charge on any atom is 0.335 e. The summed E-state index contributed by atoms with van der Waals surface area (Å²) in [6.45, 7) is 4.30. The van der Waals surface area contributed by atoms with E-state index in [0.717, 1.165) is 72.5 Å². The van der Waals surface area contributed by atoms with E-state index in [0.29, 0.717) is 11.5 Å². The molecule has 2 aromatic carbocycles. The standard InChI is InChI=1S/C30H34N2O4S/c1-3-5-7-9-11-13-27(33)35-25-19-15-23(16-20-25)29-31-32-30(37-29)24-17-21-26(22-18-24)36-28(34)14-12-10-8-6-4-2/h11-22H,3-10H2,1-2H3/b13-11+,14-12+. The van der Waals surface area contributed by atoms with Gasteiger partial charge in [-0.3, -0.25) is 0 Å². The van der Waals surface area contributed by atoms with E-state index in [2.05, 4.69) is 24.0 Å². The van der Waals surface area contributed by atoms with E-state index < -0.39 is 0 Å². The monoisotopic (exact) mass is 518 g/mol. The molecule has 0 N–H and O–H groups in total. The van der Waals surface area contributed by atoms with Crippen LogP contribution in [0.2, 0.25) is 0 Å². The fraction of sp³-hybridized carbons (Fsp3) is 0.333. The van der Waals surface area contributed by atoms with Crippen molar-refractivity contribution < 1.29 is 19.1 Å². The van der Waals surface area contributed by atoms with Gasteiger partial charge in [0.1, 0.15) is 21.5 Å². The van der Waals surface area contributed by atoms with Crippen molar-refractivity contribution in [3.63, 3.8) is 0 Å². The van der Waals surface area contributed by atoms with Crippen molar-refractivity contribution in [3.8, 4) is 32.6 Å². The Morgan fingerprint density at radius 1 is 0.676 bits per heavy atom. The quantitative estimate of drug-likeness (QED) is 0.0932. The van der Waals surface area contributed by atoms with Gasteiger partial charge in [-0.1, -0.05) is 63.0 Å². The molecular formula is C30H34N2O4S. The Morgan fingerprint density at radius 2 is 1.08 bits per heavy atom. The predicted octanol–water partition coefficient (Wildman–Crippen LogP) is 7.96. The summed E-state index contributed by atoms with van der Waals surface area (Å²) < 4.78 is 10.7. The highest BCUT2D eigenvalue weighted by Crippen LogP contribution is 2.31. The van der Waals surface area contributed by atoms with E-state index >= 15 is 0 Å². The second kappa shape index (κ2) is 15.5. The van der Waals surface area contributed by atoms with E-state index in [1.165, 1.54) is 23.5 Å². The normalized spacial score (nSPS) is 11.3. The van der Waals surface area contributed by atoms with Crippen LogP contribution in [0.25, 0.3) is 21.1 Å². The molecule has 0 bridgehead atoms. The molecule has 0 fully saturated rings. The average molecular weight is 519 g/mol. The third kappa shape index (κ3) is 9.77. The van der Waals surface area contributed by atoms with Crippen LogP contribution in [0.5, 0.6) is 11.5 Å². The van der Waals surface area contributed by atoms with Gasteiger partial charge in [0.05, 0.1) is 0 Å². The van der Waals surface area contributed by atoms with Gasteiger partial charge in [0, 0.05) is 23.3 Å². The summed E-state index contributed by atoms with van der Waals surface area (Å²) in [5.41, 5.74) is 1.77. The summed E-state index contributed by atoms with van der Waals surface area (Å²) in [6, 6.07) is 14.4. The maximum atomic E-state index is 12.0. The molecule has 0 aliphatic rings. The Labute approximate surface area is 223 Å². The van der Waals surface area contributed by atoms with E-state index in [9.17, 15) is 9.59 Å². The van der Waals surface area contributed by atoms with Crippen LogP contribution in [0.3, 0.4) is 0 Å². The van der Waals surface area contributed by atoms with Gasteiger partial charge < -0.3 is 9.47 Å². The number of hydrogen-bond donors (Lipinski definition) is 0. The first-order valence-electron chi connectivity index (χ1n) is 12.9. The van der Waals surface area contributed by atoms with E-state index in [-0.39, 0.29) is 11.9 Å². The molecule has 0 radical (unpaired) electrons. The minimum atomic E-state index is -0.375. The van der Waals surface area contributed by atoms with Crippen LogP contribution < -0.4 is 9.47 Å². The predicted molar refractivity (Wildman–Crippen MR) is 149 cm³/mol. The van der Waals surface area contributed by atoms with Crippen molar-refractivity contribution >= 4 is 23.3 Å². The molecule has 0 atom stereocenters. The van der Waals surface area contributed by atoms with Gasteiger partial charge in [-0.2, -0.15) is 0 Å². The Balaban J connectivity index is 1.52. The van der Waals surface area contributed by atoms with Gasteiger partial charge in [0.2, 0.25) is 0 Å². The van der Waals surface area contributed by atoms with Gasteiger partial charge in [-0.05, 0) is 74.2 Å². The minimum Gasteiger partial charge on any atom is -0.423 e. The number of hydrogen-bond acceptors (Lipinski definition) is 7. The molecule has 0 saturated heterocycles. The number of allylic oxidation sites excluding steroid dienone is 2. The summed E-state index contributed by atoms with van der Waals surface area (Å²) in [7, 11) is 0. The molecule has 0 aliphatic carbocycles. The van der Waals surface area contributed by atoms with E-state index in [1.807, 2.05) is 36.4 Å². The third-order valence-electron chi connectivity index (χ3n) is 5.52. The summed E-state index contributed by atoms with van der Waals surface area (Å²) in [4.78, 5) is 23.9. The van der Waals surface area contributed by atoms with Crippen LogP contribution in [-0.4, -0.2) is 22.1 Å². The van der Waals surface area contributed by atoms with E-state index in [1.54, 1.807) is 24.3 Å². The van der Waals surface area contributed by atoms with Crippen molar-refractivity contribution in [2.75, 3.05) is 0 Å². The number of nitrogens with zero attached hydrogens (tertiary/aromatic N) is 2. The molecule has 194 valence electrons. The molecule has 1 aromatic heterocycles. The second-order valence-electron chi connectivity index (χ2n) is 8.60. The number of carbonyl (C=O) groups excluding carboxylic acids is 2. The van der Waals surface area contributed by atoms with Crippen LogP contribution in [0.1, 0.15) is 65.2 Å². The molecule has 0 aliphatic heterocycles. The zero-order chi connectivity index (χ0) is 26.3. The lowest BCUT2D eigenvalue weighted by atomic mass is 10.2. The van der Waals surface area contributed by atoms with Crippen LogP contribution >= 0.6 is 11.3 Å². The minimum absolute atomic E-state index is 0.375. The molecule has 3 aromatic rings. The van der Waals surface area contributed by atoms with Gasteiger partial charge in [-0.15, -0.1) is 10.2 Å². The number of aromatic nitrogens is 2. The molecule has 0 unspecified atom stereocenters. The van der Waals surface area contributed by atoms with Crippen molar-refractivity contribution in [1.82, 2.24) is 10.2 Å². The van der Waals surface area contributed by atoms with E-state index in [4.69, 9.17) is 9.47 Å². The SMILES string of the molecule is CCCCC/C=C/C(=O)Oc1ccc(-c2nnc(-c3ccc(OC(=O)/C=C/CCCCC)cc3)s2)cc1. The molecule has 3 rings (SSSR count). The Hall–Kier alpha value is -3.58. The highest BCUT2D eigenvalue weighted by molar-refractivity contribution is 7.17. The lowest BCUT2D eigenvalue weighted by Gasteiger charge is -2.02. The van der Waals surface area contributed by atoms with Gasteiger partial charge >= 0.3 is 11.9 Å². The highest BCUT2D eigenvalue weighted by Gasteiger charge is 2.10. The number of benzene rings is 2. The summed E-state index contributed by atoms with van der Waals surface area (Å²) in [5, 5.41) is 10.1. The average Bonchev–Trinajstić information content (AvgIpc) is 3.40. The number of unbranched alkanes of at least 4 members (excludes halogenated alkanes) is 6. The number of ether oxygens (including phenoxy) is 2. The molecule has 7 heteroatoms. The first-order valence-corrected chi connectivity index (χ1v) is 13.7. The number of esters is 2. The molecule has 0 saturated carbocycles. The molecule has 0 amide bonds. The van der Waals surface area contributed by atoms with Crippen LogP contribution in [0, 0.1) is 0 Å². The zero-order valence-electron chi connectivity index (χ0n) is 21.5. The van der Waals surface area contributed by atoms with Crippen molar-refractivity contribution in [3.05, 3.63) is 72.8 Å². The van der Waals surface area contributed by atoms with Crippen LogP contribution in [-0.2, 0) is 9.59 Å². The fourth-order valence-electron chi connectivity index (χ4n) is 3.47. The van der Waals surface area contributed by atoms with Crippen molar-refractivity contribution in [2.45, 2.75) is 65.2 Å². The Kier molecular flexibility index (Phi) is 11.7. The summed E-state index contributed by atoms with van der Waals surface area (Å²) in [5.74, 6) is 0.217. The molecule has 1 heterocycles. The Bertz CT molecular complexity index is 1090. The summed E-state index contributed by atoms with van der Waals surface area (Å²) >= 11 is 1.45. The van der Waals surface area contributed by atoms with Crippen LogP contribution in [0.15, 0.2) is 72.8 Å². The number of carbonyl (C=O) groups is 2. The fourth-order valence-corrected chi connectivity index (χ4v) is 4.33. The molecular weight excluding hydrogens is 484 g/mol. The highest BCUT2D eigenvalue weighted by atomic mass is 32.1. The Morgan fingerprint density at radius 3 is 1.46 bits per heavy atom. The maximum absolute atomic E-state index is 12.0. The summed E-state index contributed by atoms with van der Waals surface area (Å²) in [6.07, 6.45) is 15.2. The molecule has 0 spiro atoms. The van der Waals surface area contributed by atoms with Gasteiger partial charge in [-0.25, -0.2) is 9.59 Å². The van der Waals surface area contributed by atoms with Crippen LogP contribution in [0.4, 0.5) is 0 Å². The lowest BCUT2D eigenvalue weighted by molar-refractivity contribution is -0.129. The van der Waals surface area contributed by atoms with Crippen molar-refractivity contribution in [1.29, 1.82) is 0 Å². The zero-order valence-corrected chi connectivity index (χ0v) is 22.3. The smallest absolute Gasteiger partial charge is 0.335 e. The third-order valence-corrected chi connectivity index (χ3v) is 6.54. The van der Waals surface area contributed by atoms with Crippen molar-refractivity contribution in [2.24, 2.45) is 0 Å². The van der Waals surface area contributed by atoms with Gasteiger partial charge in [0.15, 0.2) is 0 Å². The molecule has 6 nitrogen and oxygen atoms in total. The van der Waals surface area contributed by atoms with Gasteiger partial charge in [0.25, 0.3) is 0 Å². The molecule has 37 heavy (non-hydrogen) atoms. The second-order valence-corrected chi connectivity index (χ2v) is 9.58. The topological polar surface area (TPSA) is 78.4 Å². The lowest BCUT2D eigenvalue weighted by Crippen LogP contribution is -2.03.